The van der Waals surface area contributed by atoms with Gasteiger partial charge in [0.05, 0.1) is 22.8 Å². The van der Waals surface area contributed by atoms with E-state index in [0.29, 0.717) is 35.7 Å². The van der Waals surface area contributed by atoms with Crippen molar-refractivity contribution in [3.8, 4) is 0 Å². The van der Waals surface area contributed by atoms with Crippen LogP contribution in [0.15, 0.2) is 36.4 Å². The number of anilines is 3. The Labute approximate surface area is 157 Å². The van der Waals surface area contributed by atoms with Crippen LogP contribution in [0.4, 0.5) is 27.1 Å². The van der Waals surface area contributed by atoms with Crippen molar-refractivity contribution in [2.45, 2.75) is 32.6 Å². The highest BCUT2D eigenvalue weighted by atomic mass is 19.1. The third-order valence-corrected chi connectivity index (χ3v) is 4.47. The Morgan fingerprint density at radius 1 is 1.26 bits per heavy atom. The van der Waals surface area contributed by atoms with Crippen LogP contribution in [0.1, 0.15) is 19.4 Å². The Bertz CT molecular complexity index is 836. The number of hydrogen-bond acceptors (Lipinski definition) is 6. The van der Waals surface area contributed by atoms with Crippen LogP contribution in [0, 0.1) is 15.9 Å². The molecular formula is C19H23FN4O3. The van der Waals surface area contributed by atoms with Crippen molar-refractivity contribution in [3.63, 3.8) is 0 Å². The number of nitrogens with zero attached hydrogens (tertiary/aromatic N) is 2. The van der Waals surface area contributed by atoms with Gasteiger partial charge >= 0.3 is 0 Å². The van der Waals surface area contributed by atoms with Crippen molar-refractivity contribution in [2.24, 2.45) is 0 Å². The Morgan fingerprint density at radius 3 is 2.59 bits per heavy atom. The van der Waals surface area contributed by atoms with Crippen LogP contribution in [0.3, 0.4) is 0 Å². The van der Waals surface area contributed by atoms with Crippen LogP contribution < -0.4 is 16.0 Å². The molecule has 3 N–H and O–H groups in total. The van der Waals surface area contributed by atoms with Crippen LogP contribution in [-0.4, -0.2) is 30.2 Å². The van der Waals surface area contributed by atoms with Gasteiger partial charge in [-0.15, -0.1) is 0 Å². The van der Waals surface area contributed by atoms with Crippen molar-refractivity contribution < 1.29 is 14.1 Å². The van der Waals surface area contributed by atoms with Gasteiger partial charge in [0.15, 0.2) is 0 Å². The van der Waals surface area contributed by atoms with Crippen molar-refractivity contribution >= 4 is 22.7 Å². The van der Waals surface area contributed by atoms with Gasteiger partial charge in [0.25, 0.3) is 5.69 Å². The zero-order valence-electron chi connectivity index (χ0n) is 15.3. The third kappa shape index (κ3) is 4.46. The molecule has 0 aliphatic carbocycles. The van der Waals surface area contributed by atoms with Gasteiger partial charge in [-0.1, -0.05) is 6.07 Å². The molecule has 8 heteroatoms. The molecule has 2 aromatic rings. The van der Waals surface area contributed by atoms with Crippen LogP contribution in [0.5, 0.6) is 0 Å². The molecule has 1 heterocycles. The quantitative estimate of drug-likeness (QED) is 0.472. The summed E-state index contributed by atoms with van der Waals surface area (Å²) >= 11 is 0. The summed E-state index contributed by atoms with van der Waals surface area (Å²) in [4.78, 5) is 12.6. The molecule has 0 radical (unpaired) electrons. The molecule has 0 bridgehead atoms. The lowest BCUT2D eigenvalue weighted by Gasteiger charge is -2.37. The summed E-state index contributed by atoms with van der Waals surface area (Å²) < 4.78 is 20.3. The minimum atomic E-state index is -0.480. The first kappa shape index (κ1) is 18.9. The molecule has 1 aliphatic heterocycles. The molecule has 0 spiro atoms. The lowest BCUT2D eigenvalue weighted by Crippen LogP contribution is -2.45. The summed E-state index contributed by atoms with van der Waals surface area (Å²) in [7, 11) is 0. The van der Waals surface area contributed by atoms with Gasteiger partial charge in [0.1, 0.15) is 11.5 Å². The summed E-state index contributed by atoms with van der Waals surface area (Å²) in [5.41, 5.74) is 7.58. The van der Waals surface area contributed by atoms with E-state index >= 15 is 0 Å². The van der Waals surface area contributed by atoms with Gasteiger partial charge in [0.2, 0.25) is 0 Å². The van der Waals surface area contributed by atoms with E-state index in [2.05, 4.69) is 5.32 Å². The number of rotatable bonds is 5. The maximum absolute atomic E-state index is 14.6. The lowest BCUT2D eigenvalue weighted by atomic mass is 10.1. The SMILES string of the molecule is C[C@@H]1CN(c2ccc(CNc3cc(N)ccc3[N+](=O)[O-])cc2F)C[C@H](C)O1. The summed E-state index contributed by atoms with van der Waals surface area (Å²) in [5.74, 6) is -0.322. The van der Waals surface area contributed by atoms with E-state index in [1.54, 1.807) is 6.07 Å². The number of nitro benzene ring substituents is 1. The molecule has 144 valence electrons. The van der Waals surface area contributed by atoms with Crippen molar-refractivity contribution in [1.82, 2.24) is 0 Å². The fraction of sp³-hybridized carbons (Fsp3) is 0.368. The number of nitrogens with two attached hydrogens (primary N) is 1. The molecule has 0 aromatic heterocycles. The number of halogens is 1. The maximum atomic E-state index is 14.6. The lowest BCUT2D eigenvalue weighted by molar-refractivity contribution is -0.383. The number of ether oxygens (including phenoxy) is 1. The van der Waals surface area contributed by atoms with Crippen molar-refractivity contribution in [2.75, 3.05) is 29.0 Å². The predicted octanol–water partition coefficient (Wildman–Crippen LogP) is 3.54. The first-order chi connectivity index (χ1) is 12.8. The largest absolute Gasteiger partial charge is 0.399 e. The predicted molar refractivity (Wildman–Crippen MR) is 103 cm³/mol. The van der Waals surface area contributed by atoms with Gasteiger partial charge in [-0.25, -0.2) is 4.39 Å². The molecule has 1 fully saturated rings. The molecule has 1 aliphatic rings. The summed E-state index contributed by atoms with van der Waals surface area (Å²) in [6.07, 6.45) is 0.0807. The van der Waals surface area contributed by atoms with E-state index in [0.717, 1.165) is 0 Å². The second kappa shape index (κ2) is 7.79. The van der Waals surface area contributed by atoms with E-state index in [-0.39, 0.29) is 30.3 Å². The van der Waals surface area contributed by atoms with E-state index in [1.165, 1.54) is 24.3 Å². The second-order valence-corrected chi connectivity index (χ2v) is 6.84. The van der Waals surface area contributed by atoms with Gasteiger partial charge in [-0.05, 0) is 43.7 Å². The minimum Gasteiger partial charge on any atom is -0.399 e. The molecule has 0 unspecified atom stereocenters. The first-order valence-electron chi connectivity index (χ1n) is 8.80. The molecule has 2 atom stereocenters. The zero-order valence-corrected chi connectivity index (χ0v) is 15.3. The highest BCUT2D eigenvalue weighted by Gasteiger charge is 2.24. The Balaban J connectivity index is 1.73. The summed E-state index contributed by atoms with van der Waals surface area (Å²) in [5, 5.41) is 14.1. The Hall–Kier alpha value is -2.87. The number of morpholine rings is 1. The molecule has 2 aromatic carbocycles. The highest BCUT2D eigenvalue weighted by molar-refractivity contribution is 5.67. The van der Waals surface area contributed by atoms with Gasteiger partial charge < -0.3 is 20.7 Å². The number of hydrogen-bond donors (Lipinski definition) is 2. The molecule has 27 heavy (non-hydrogen) atoms. The van der Waals surface area contributed by atoms with Gasteiger partial charge in [0, 0.05) is 31.4 Å². The molecule has 0 amide bonds. The van der Waals surface area contributed by atoms with Crippen LogP contribution in [0.25, 0.3) is 0 Å². The van der Waals surface area contributed by atoms with Crippen LogP contribution in [0.2, 0.25) is 0 Å². The maximum Gasteiger partial charge on any atom is 0.292 e. The van der Waals surface area contributed by atoms with Gasteiger partial charge in [-0.3, -0.25) is 10.1 Å². The smallest absolute Gasteiger partial charge is 0.292 e. The number of nitro groups is 1. The van der Waals surface area contributed by atoms with Crippen molar-refractivity contribution in [1.29, 1.82) is 0 Å². The van der Waals surface area contributed by atoms with E-state index in [1.807, 2.05) is 24.8 Å². The first-order valence-corrected chi connectivity index (χ1v) is 8.80. The fourth-order valence-corrected chi connectivity index (χ4v) is 3.34. The number of nitrogens with one attached hydrogen (secondary N) is 1. The molecule has 1 saturated heterocycles. The summed E-state index contributed by atoms with van der Waals surface area (Å²) in [6.45, 7) is 5.45. The monoisotopic (exact) mass is 374 g/mol. The van der Waals surface area contributed by atoms with E-state index in [4.69, 9.17) is 10.5 Å². The standard InChI is InChI=1S/C19H23FN4O3/c1-12-10-23(11-13(2)27-12)18-5-3-14(7-16(18)20)9-22-17-8-15(21)4-6-19(17)24(25)26/h3-8,12-13,22H,9-11,21H2,1-2H3/t12-,13+. The fourth-order valence-electron chi connectivity index (χ4n) is 3.34. The third-order valence-electron chi connectivity index (χ3n) is 4.47. The normalized spacial score (nSPS) is 19.7. The van der Waals surface area contributed by atoms with E-state index in [9.17, 15) is 14.5 Å². The summed E-state index contributed by atoms with van der Waals surface area (Å²) in [6, 6.07) is 9.33. The molecule has 7 nitrogen and oxygen atoms in total. The van der Waals surface area contributed by atoms with E-state index < -0.39 is 4.92 Å². The molecule has 0 saturated carbocycles. The number of benzene rings is 2. The Kier molecular flexibility index (Phi) is 5.46. The van der Waals surface area contributed by atoms with Gasteiger partial charge in [-0.2, -0.15) is 0 Å². The zero-order chi connectivity index (χ0) is 19.6. The van der Waals surface area contributed by atoms with Crippen LogP contribution in [-0.2, 0) is 11.3 Å². The molecular weight excluding hydrogens is 351 g/mol. The topological polar surface area (TPSA) is 93.7 Å². The van der Waals surface area contributed by atoms with Crippen LogP contribution >= 0.6 is 0 Å². The minimum absolute atomic E-state index is 0.0404. The average molecular weight is 374 g/mol. The highest BCUT2D eigenvalue weighted by Crippen LogP contribution is 2.28. The number of nitrogen functional groups attached to an aromatic ring is 1. The van der Waals surface area contributed by atoms with Crippen molar-refractivity contribution in [3.05, 3.63) is 57.9 Å². The Morgan fingerprint density at radius 2 is 1.96 bits per heavy atom. The average Bonchev–Trinajstić information content (AvgIpc) is 2.59. The molecule has 3 rings (SSSR count). The second-order valence-electron chi connectivity index (χ2n) is 6.84.